The molecule has 2 aromatic carbocycles. The van der Waals surface area contributed by atoms with Gasteiger partial charge < -0.3 is 24.1 Å². The van der Waals surface area contributed by atoms with Gasteiger partial charge in [0.1, 0.15) is 18.5 Å². The highest BCUT2D eigenvalue weighted by atomic mass is 35.5. The van der Waals surface area contributed by atoms with Crippen molar-refractivity contribution in [3.8, 4) is 5.75 Å². The van der Waals surface area contributed by atoms with Gasteiger partial charge in [0.05, 0.1) is 24.5 Å². The molecule has 1 fully saturated rings. The Hall–Kier alpha value is -2.09. The van der Waals surface area contributed by atoms with Crippen molar-refractivity contribution in [2.24, 2.45) is 0 Å². The van der Waals surface area contributed by atoms with E-state index < -0.39 is 5.79 Å². The Bertz CT molecular complexity index is 951. The Kier molecular flexibility index (Phi) is 8.35. The molecule has 0 radical (unpaired) electrons. The van der Waals surface area contributed by atoms with Gasteiger partial charge in [-0.3, -0.25) is 0 Å². The molecule has 2 unspecified atom stereocenters. The molecule has 4 rings (SSSR count). The number of nitrogens with one attached hydrogen (secondary N) is 1. The standard InChI is InChI=1S/C21H20Cl2N2O3.C2H7N/c1-15-2-5-17(6-3-15)26-11-18-12-27-21(28-18,13-25-9-8-24-14-25)19-7-4-16(22)10-20(19)23;1-3-2/h2-10,14,18H,11-13H2,1H3;3H,1-2H3. The quantitative estimate of drug-likeness (QED) is 0.574. The lowest BCUT2D eigenvalue weighted by Gasteiger charge is -2.30. The van der Waals surface area contributed by atoms with E-state index in [-0.39, 0.29) is 6.10 Å². The second-order valence-corrected chi connectivity index (χ2v) is 8.13. The minimum atomic E-state index is -1.04. The molecule has 2 heterocycles. The molecule has 6 nitrogen and oxygen atoms in total. The van der Waals surface area contributed by atoms with Crippen LogP contribution in [0, 0.1) is 6.92 Å². The van der Waals surface area contributed by atoms with Crippen LogP contribution in [0.1, 0.15) is 11.1 Å². The topological polar surface area (TPSA) is 57.5 Å². The van der Waals surface area contributed by atoms with Crippen molar-refractivity contribution < 1.29 is 14.2 Å². The van der Waals surface area contributed by atoms with Crippen LogP contribution < -0.4 is 10.1 Å². The van der Waals surface area contributed by atoms with Crippen LogP contribution in [-0.4, -0.2) is 43.0 Å². The van der Waals surface area contributed by atoms with E-state index in [0.29, 0.717) is 29.8 Å². The van der Waals surface area contributed by atoms with Crippen molar-refractivity contribution in [1.29, 1.82) is 0 Å². The summed E-state index contributed by atoms with van der Waals surface area (Å²) in [5, 5.41) is 3.80. The number of aromatic nitrogens is 2. The highest BCUT2D eigenvalue weighted by molar-refractivity contribution is 6.35. The first-order valence-electron chi connectivity index (χ1n) is 9.97. The van der Waals surface area contributed by atoms with E-state index >= 15 is 0 Å². The van der Waals surface area contributed by atoms with Crippen molar-refractivity contribution in [3.63, 3.8) is 0 Å². The highest BCUT2D eigenvalue weighted by Gasteiger charge is 2.45. The van der Waals surface area contributed by atoms with Crippen molar-refractivity contribution >= 4 is 23.2 Å². The third-order valence-corrected chi connectivity index (χ3v) is 5.16. The van der Waals surface area contributed by atoms with Gasteiger partial charge in [0.15, 0.2) is 0 Å². The zero-order valence-corrected chi connectivity index (χ0v) is 19.4. The number of halogens is 2. The van der Waals surface area contributed by atoms with Crippen LogP contribution in [0.5, 0.6) is 5.75 Å². The normalized spacial score (nSPS) is 20.2. The zero-order valence-electron chi connectivity index (χ0n) is 17.8. The van der Waals surface area contributed by atoms with Crippen LogP contribution in [0.25, 0.3) is 0 Å². The average Bonchev–Trinajstić information content (AvgIpc) is 3.39. The molecule has 166 valence electrons. The third kappa shape index (κ3) is 6.21. The minimum absolute atomic E-state index is 0.239. The largest absolute Gasteiger partial charge is 0.491 e. The Balaban J connectivity index is 0.000000858. The molecular formula is C23H27Cl2N3O3. The van der Waals surface area contributed by atoms with Crippen LogP contribution in [-0.2, 0) is 21.8 Å². The molecule has 31 heavy (non-hydrogen) atoms. The predicted octanol–water partition coefficient (Wildman–Crippen LogP) is 4.68. The number of hydrogen-bond acceptors (Lipinski definition) is 5. The predicted molar refractivity (Wildman–Crippen MR) is 123 cm³/mol. The Morgan fingerprint density at radius 3 is 2.58 bits per heavy atom. The molecular weight excluding hydrogens is 437 g/mol. The lowest BCUT2D eigenvalue weighted by atomic mass is 10.1. The highest BCUT2D eigenvalue weighted by Crippen LogP contribution is 2.40. The summed E-state index contributed by atoms with van der Waals surface area (Å²) in [6.07, 6.45) is 5.05. The first-order valence-corrected chi connectivity index (χ1v) is 10.7. The van der Waals surface area contributed by atoms with Gasteiger partial charge in [-0.1, -0.05) is 47.0 Å². The first-order chi connectivity index (χ1) is 15.0. The van der Waals surface area contributed by atoms with Crippen molar-refractivity contribution in [3.05, 3.63) is 82.4 Å². The SMILES string of the molecule is CNC.Cc1ccc(OCC2COC(Cn3ccnc3)(c3ccc(Cl)cc3Cl)O2)cc1. The van der Waals surface area contributed by atoms with Crippen molar-refractivity contribution in [1.82, 2.24) is 14.9 Å². The summed E-state index contributed by atoms with van der Waals surface area (Å²) in [6, 6.07) is 13.2. The Morgan fingerprint density at radius 2 is 1.94 bits per heavy atom. The van der Waals surface area contributed by atoms with E-state index in [0.717, 1.165) is 11.3 Å². The van der Waals surface area contributed by atoms with Gasteiger partial charge in [0.25, 0.3) is 0 Å². The first kappa shape index (κ1) is 23.6. The lowest BCUT2D eigenvalue weighted by Crippen LogP contribution is -2.34. The molecule has 3 aromatic rings. The van der Waals surface area contributed by atoms with Crippen LogP contribution in [0.2, 0.25) is 10.0 Å². The molecule has 1 aliphatic heterocycles. The van der Waals surface area contributed by atoms with E-state index in [2.05, 4.69) is 10.3 Å². The molecule has 0 spiro atoms. The van der Waals surface area contributed by atoms with E-state index in [4.69, 9.17) is 37.4 Å². The molecule has 0 amide bonds. The monoisotopic (exact) mass is 463 g/mol. The van der Waals surface area contributed by atoms with Crippen LogP contribution >= 0.6 is 23.2 Å². The van der Waals surface area contributed by atoms with E-state index in [1.165, 1.54) is 5.56 Å². The molecule has 1 aliphatic rings. The molecule has 0 bridgehead atoms. The van der Waals surface area contributed by atoms with Crippen LogP contribution in [0.3, 0.4) is 0 Å². The van der Waals surface area contributed by atoms with Crippen molar-refractivity contribution in [2.45, 2.75) is 25.4 Å². The number of imidazole rings is 1. The van der Waals surface area contributed by atoms with Crippen LogP contribution in [0.4, 0.5) is 0 Å². The smallest absolute Gasteiger partial charge is 0.215 e. The molecule has 0 aliphatic carbocycles. The van der Waals surface area contributed by atoms with E-state index in [9.17, 15) is 0 Å². The number of hydrogen-bond donors (Lipinski definition) is 1. The number of nitrogens with zero attached hydrogens (tertiary/aromatic N) is 2. The second kappa shape index (κ2) is 11.0. The molecule has 2 atom stereocenters. The number of rotatable bonds is 6. The fourth-order valence-electron chi connectivity index (χ4n) is 3.20. The van der Waals surface area contributed by atoms with Gasteiger partial charge >= 0.3 is 0 Å². The van der Waals surface area contributed by atoms with Gasteiger partial charge in [0, 0.05) is 23.0 Å². The molecule has 0 saturated carbocycles. The number of ether oxygens (including phenoxy) is 3. The van der Waals surface area contributed by atoms with Gasteiger partial charge in [-0.2, -0.15) is 0 Å². The molecule has 1 saturated heterocycles. The maximum atomic E-state index is 6.47. The molecule has 1 N–H and O–H groups in total. The van der Waals surface area contributed by atoms with Crippen molar-refractivity contribution in [2.75, 3.05) is 27.3 Å². The number of benzene rings is 2. The zero-order chi connectivity index (χ0) is 22.3. The van der Waals surface area contributed by atoms with Gasteiger partial charge in [0.2, 0.25) is 5.79 Å². The summed E-state index contributed by atoms with van der Waals surface area (Å²) in [5.74, 6) is -0.241. The van der Waals surface area contributed by atoms with Gasteiger partial charge in [-0.25, -0.2) is 4.98 Å². The number of aryl methyl sites for hydroxylation is 1. The summed E-state index contributed by atoms with van der Waals surface area (Å²) in [4.78, 5) is 4.10. The Labute approximate surface area is 193 Å². The maximum Gasteiger partial charge on any atom is 0.215 e. The second-order valence-electron chi connectivity index (χ2n) is 7.29. The van der Waals surface area contributed by atoms with E-state index in [1.807, 2.05) is 62.1 Å². The molecule has 1 aromatic heterocycles. The van der Waals surface area contributed by atoms with Gasteiger partial charge in [-0.05, 0) is 45.3 Å². The fourth-order valence-corrected chi connectivity index (χ4v) is 3.75. The lowest BCUT2D eigenvalue weighted by molar-refractivity contribution is -0.189. The summed E-state index contributed by atoms with van der Waals surface area (Å²) in [5.41, 5.74) is 1.91. The van der Waals surface area contributed by atoms with Gasteiger partial charge in [-0.15, -0.1) is 0 Å². The fraction of sp³-hybridized carbons (Fsp3) is 0.348. The molecule has 8 heteroatoms. The summed E-state index contributed by atoms with van der Waals surface area (Å²) in [7, 11) is 3.75. The average molecular weight is 464 g/mol. The third-order valence-electron chi connectivity index (χ3n) is 4.61. The van der Waals surface area contributed by atoms with Crippen LogP contribution in [0.15, 0.2) is 61.2 Å². The minimum Gasteiger partial charge on any atom is -0.491 e. The maximum absolute atomic E-state index is 6.47. The summed E-state index contributed by atoms with van der Waals surface area (Å²) in [6.45, 7) is 3.22. The summed E-state index contributed by atoms with van der Waals surface area (Å²) >= 11 is 12.5. The Morgan fingerprint density at radius 1 is 1.19 bits per heavy atom. The summed E-state index contributed by atoms with van der Waals surface area (Å²) < 4.78 is 20.3. The van der Waals surface area contributed by atoms with E-state index in [1.54, 1.807) is 24.7 Å².